The van der Waals surface area contributed by atoms with Crippen molar-refractivity contribution in [2.24, 2.45) is 0 Å². The topological polar surface area (TPSA) is 55.1 Å². The predicted molar refractivity (Wildman–Crippen MR) is 49.6 cm³/mol. The number of aromatic nitrogens is 2. The Morgan fingerprint density at radius 2 is 1.92 bits per heavy atom. The maximum absolute atomic E-state index is 10.1. The minimum Gasteiger partial charge on any atom is -0.463 e. The molecule has 0 atom stereocenters. The van der Waals surface area contributed by atoms with E-state index < -0.39 is 6.09 Å². The molecule has 1 N–H and O–H groups in total. The van der Waals surface area contributed by atoms with Gasteiger partial charge in [0, 0.05) is 6.20 Å². The van der Waals surface area contributed by atoms with E-state index >= 15 is 0 Å². The van der Waals surface area contributed by atoms with Crippen LogP contribution in [-0.4, -0.2) is 21.0 Å². The van der Waals surface area contributed by atoms with Crippen molar-refractivity contribution >= 4 is 6.09 Å². The van der Waals surface area contributed by atoms with E-state index in [9.17, 15) is 4.79 Å². The standard InChI is InChI=1S/C5H6N2O2.3CH3.Ce/c1-4-2-6-7(3-4)5(8)9;;;;/h2-3H,1H3,(H,8,9);3*1H3;/q;3*-1;+3. The Bertz CT molecular complexity index is 236. The molecule has 0 aromatic carbocycles. The van der Waals surface area contributed by atoms with Crippen molar-refractivity contribution in [2.75, 3.05) is 0 Å². The first-order chi connectivity index (χ1) is 4.20. The second-order valence-corrected chi connectivity index (χ2v) is 1.74. The van der Waals surface area contributed by atoms with Crippen molar-refractivity contribution in [3.05, 3.63) is 40.2 Å². The Labute approximate surface area is 114 Å². The number of carbonyl (C=O) groups is 1. The number of hydrogen-bond donors (Lipinski definition) is 1. The molecule has 0 unspecified atom stereocenters. The molecule has 13 heavy (non-hydrogen) atoms. The molecule has 0 bridgehead atoms. The summed E-state index contributed by atoms with van der Waals surface area (Å²) < 4.78 is 0.870. The summed E-state index contributed by atoms with van der Waals surface area (Å²) in [5, 5.41) is 11.8. The van der Waals surface area contributed by atoms with Gasteiger partial charge in [0.05, 0.1) is 6.20 Å². The fourth-order valence-corrected chi connectivity index (χ4v) is 0.517. The molecule has 0 fully saturated rings. The molecule has 0 aliphatic heterocycles. The summed E-state index contributed by atoms with van der Waals surface area (Å²) in [7, 11) is 0. The molecule has 0 spiro atoms. The normalized spacial score (nSPS) is 6.54. The average molecular weight is 311 g/mol. The van der Waals surface area contributed by atoms with Gasteiger partial charge in [0.1, 0.15) is 0 Å². The number of hydrogen-bond acceptors (Lipinski definition) is 2. The minimum absolute atomic E-state index is 0. The Kier molecular flexibility index (Phi) is 18.0. The van der Waals surface area contributed by atoms with Crippen LogP contribution in [0.3, 0.4) is 0 Å². The van der Waals surface area contributed by atoms with E-state index in [4.69, 9.17) is 5.11 Å². The molecule has 4 nitrogen and oxygen atoms in total. The third kappa shape index (κ3) is 7.15. The molecule has 1 aromatic heterocycles. The number of rotatable bonds is 0. The van der Waals surface area contributed by atoms with Gasteiger partial charge in [0.2, 0.25) is 0 Å². The first kappa shape index (κ1) is 23.1. The van der Waals surface area contributed by atoms with Gasteiger partial charge in [-0.3, -0.25) is 0 Å². The van der Waals surface area contributed by atoms with Crippen molar-refractivity contribution < 1.29 is 51.6 Å². The van der Waals surface area contributed by atoms with Gasteiger partial charge in [-0.15, -0.1) is 0 Å². The Morgan fingerprint density at radius 1 is 1.46 bits per heavy atom. The fraction of sp³-hybridized carbons (Fsp3) is 0.125. The molecule has 0 saturated heterocycles. The van der Waals surface area contributed by atoms with Crippen molar-refractivity contribution in [1.82, 2.24) is 9.78 Å². The van der Waals surface area contributed by atoms with Crippen molar-refractivity contribution in [2.45, 2.75) is 6.92 Å². The fourth-order valence-electron chi connectivity index (χ4n) is 0.517. The van der Waals surface area contributed by atoms with E-state index in [1.165, 1.54) is 12.4 Å². The van der Waals surface area contributed by atoms with Gasteiger partial charge in [-0.2, -0.15) is 9.78 Å². The Hall–Kier alpha value is 0.0566. The Morgan fingerprint density at radius 3 is 2.08 bits per heavy atom. The monoisotopic (exact) mass is 311 g/mol. The molecule has 0 amide bonds. The van der Waals surface area contributed by atoms with Crippen molar-refractivity contribution in [3.63, 3.8) is 0 Å². The summed E-state index contributed by atoms with van der Waals surface area (Å²) in [5.74, 6) is 0. The van der Waals surface area contributed by atoms with E-state index in [1.54, 1.807) is 6.92 Å². The quantitative estimate of drug-likeness (QED) is 0.746. The summed E-state index contributed by atoms with van der Waals surface area (Å²) >= 11 is 0. The minimum atomic E-state index is -1.05. The zero-order valence-corrected chi connectivity index (χ0v) is 11.5. The van der Waals surface area contributed by atoms with Crippen LogP contribution in [0.4, 0.5) is 4.79 Å². The maximum Gasteiger partial charge on any atom is 3.00 e. The van der Waals surface area contributed by atoms with E-state index in [1.807, 2.05) is 0 Å². The molecule has 1 aromatic rings. The number of nitrogens with zero attached hydrogens (tertiary/aromatic N) is 2. The summed E-state index contributed by atoms with van der Waals surface area (Å²) in [6.07, 6.45) is 1.89. The van der Waals surface area contributed by atoms with Gasteiger partial charge < -0.3 is 27.4 Å². The van der Waals surface area contributed by atoms with Gasteiger partial charge in [0.25, 0.3) is 0 Å². The second-order valence-electron chi connectivity index (χ2n) is 1.74. The smallest absolute Gasteiger partial charge is 0.463 e. The predicted octanol–water partition coefficient (Wildman–Crippen LogP) is 2.07. The SMILES string of the molecule is Cc1cnn(C(=O)O)c1.[CH3-].[CH3-].[CH3-].[Ce+3]. The Balaban J connectivity index is -0.000000101. The second kappa shape index (κ2) is 10.1. The molecule has 73 valence electrons. The van der Waals surface area contributed by atoms with Crippen LogP contribution in [-0.2, 0) is 0 Å². The maximum atomic E-state index is 10.1. The van der Waals surface area contributed by atoms with Crippen molar-refractivity contribution in [3.8, 4) is 0 Å². The molecule has 1 radical (unpaired) electrons. The third-order valence-electron chi connectivity index (χ3n) is 0.908. The summed E-state index contributed by atoms with van der Waals surface area (Å²) in [6.45, 7) is 1.78. The molecule has 0 saturated carbocycles. The van der Waals surface area contributed by atoms with Crippen LogP contribution in [0.15, 0.2) is 12.4 Å². The van der Waals surface area contributed by atoms with Gasteiger partial charge in [-0.1, -0.05) is 0 Å². The molecule has 1 rings (SSSR count). The van der Waals surface area contributed by atoms with Gasteiger partial charge in [0.15, 0.2) is 0 Å². The zero-order chi connectivity index (χ0) is 6.85. The first-order valence-electron chi connectivity index (χ1n) is 2.45. The average Bonchev–Trinajstić information content (AvgIpc) is 2.14. The van der Waals surface area contributed by atoms with Gasteiger partial charge >= 0.3 is 47.8 Å². The van der Waals surface area contributed by atoms with Crippen LogP contribution in [0.25, 0.3) is 0 Å². The summed E-state index contributed by atoms with van der Waals surface area (Å²) in [6, 6.07) is 0. The third-order valence-corrected chi connectivity index (χ3v) is 0.908. The zero-order valence-electron chi connectivity index (χ0n) is 8.40. The van der Waals surface area contributed by atoms with E-state index in [0.29, 0.717) is 0 Å². The van der Waals surface area contributed by atoms with Crippen LogP contribution >= 0.6 is 0 Å². The van der Waals surface area contributed by atoms with Crippen LogP contribution in [0.1, 0.15) is 5.56 Å². The largest absolute Gasteiger partial charge is 3.00 e. The molecule has 5 heteroatoms. The van der Waals surface area contributed by atoms with E-state index in [2.05, 4.69) is 5.10 Å². The van der Waals surface area contributed by atoms with Crippen LogP contribution in [0, 0.1) is 71.0 Å². The summed E-state index contributed by atoms with van der Waals surface area (Å²) in [5.41, 5.74) is 0.845. The van der Waals surface area contributed by atoms with Gasteiger partial charge in [-0.05, 0) is 12.5 Å². The summed E-state index contributed by atoms with van der Waals surface area (Å²) in [4.78, 5) is 10.1. The van der Waals surface area contributed by atoms with Crippen LogP contribution < -0.4 is 0 Å². The van der Waals surface area contributed by atoms with Crippen molar-refractivity contribution in [1.29, 1.82) is 0 Å². The molecular weight excluding hydrogens is 296 g/mol. The molecule has 0 aliphatic carbocycles. The van der Waals surface area contributed by atoms with Crippen LogP contribution in [0.5, 0.6) is 0 Å². The molecular formula is C8H15CeN2O2. The van der Waals surface area contributed by atoms with Gasteiger partial charge in [-0.25, -0.2) is 4.79 Å². The van der Waals surface area contributed by atoms with Crippen LogP contribution in [0.2, 0.25) is 0 Å². The number of aryl methyl sites for hydroxylation is 1. The molecule has 0 aliphatic rings. The first-order valence-corrected chi connectivity index (χ1v) is 2.45. The van der Waals surface area contributed by atoms with E-state index in [0.717, 1.165) is 10.2 Å². The molecule has 1 heterocycles. The van der Waals surface area contributed by atoms with E-state index in [-0.39, 0.29) is 64.0 Å². The number of carboxylic acid groups (broad SMARTS) is 1.